The molecule has 1 amide bonds. The van der Waals surface area contributed by atoms with Gasteiger partial charge in [0.05, 0.1) is 10.3 Å². The van der Waals surface area contributed by atoms with E-state index in [9.17, 15) is 19.5 Å². The zero-order valence-corrected chi connectivity index (χ0v) is 18.8. The number of rotatable bonds is 4. The van der Waals surface area contributed by atoms with Crippen molar-refractivity contribution in [2.45, 2.75) is 13.5 Å². The standard InChI is InChI=1S/C20H20N6O4S2/c1-2-24-11-13(18(29)30)15(27)12-10-21-19(22-16(12)24)25-5-7-26(8-6-25)20(31)23-17(28)14-4-3-9-32-14/h3-4,9-11H,2,5-8H2,1H3,(H,29,30)(H,23,28,31). The van der Waals surface area contributed by atoms with E-state index in [0.29, 0.717) is 54.3 Å². The van der Waals surface area contributed by atoms with Gasteiger partial charge in [-0.1, -0.05) is 6.07 Å². The highest BCUT2D eigenvalue weighted by Gasteiger charge is 2.23. The van der Waals surface area contributed by atoms with E-state index < -0.39 is 11.4 Å². The van der Waals surface area contributed by atoms with Gasteiger partial charge in [-0.2, -0.15) is 4.98 Å². The maximum atomic E-state index is 12.5. The Morgan fingerprint density at radius 3 is 2.66 bits per heavy atom. The van der Waals surface area contributed by atoms with Crippen molar-refractivity contribution in [1.82, 2.24) is 24.8 Å². The number of carbonyl (C=O) groups excluding carboxylic acids is 1. The molecule has 166 valence electrons. The smallest absolute Gasteiger partial charge is 0.341 e. The zero-order valence-electron chi connectivity index (χ0n) is 17.1. The lowest BCUT2D eigenvalue weighted by Crippen LogP contribution is -2.53. The van der Waals surface area contributed by atoms with Crippen LogP contribution >= 0.6 is 23.6 Å². The fourth-order valence-electron chi connectivity index (χ4n) is 3.46. The molecule has 0 aliphatic carbocycles. The molecule has 1 fully saturated rings. The van der Waals surface area contributed by atoms with Crippen LogP contribution < -0.4 is 15.6 Å². The molecular weight excluding hydrogens is 452 g/mol. The molecule has 4 rings (SSSR count). The van der Waals surface area contributed by atoms with Gasteiger partial charge >= 0.3 is 5.97 Å². The molecule has 0 spiro atoms. The summed E-state index contributed by atoms with van der Waals surface area (Å²) in [7, 11) is 0. The number of hydrogen-bond acceptors (Lipinski definition) is 8. The maximum Gasteiger partial charge on any atom is 0.341 e. The first-order valence-electron chi connectivity index (χ1n) is 9.91. The number of aromatic carboxylic acids is 1. The number of carboxylic acid groups (broad SMARTS) is 1. The van der Waals surface area contributed by atoms with Crippen LogP contribution in [0.5, 0.6) is 0 Å². The Kier molecular flexibility index (Phi) is 6.15. The van der Waals surface area contributed by atoms with Crippen LogP contribution in [0, 0.1) is 0 Å². The van der Waals surface area contributed by atoms with Crippen molar-refractivity contribution in [1.29, 1.82) is 0 Å². The summed E-state index contributed by atoms with van der Waals surface area (Å²) in [6.07, 6.45) is 2.70. The van der Waals surface area contributed by atoms with Gasteiger partial charge < -0.3 is 19.5 Å². The van der Waals surface area contributed by atoms with E-state index in [2.05, 4.69) is 15.3 Å². The SMILES string of the molecule is CCn1cc(C(=O)O)c(=O)c2cnc(N3CCN(C(=S)NC(=O)c4cccs4)CC3)nc21. The van der Waals surface area contributed by atoms with Crippen molar-refractivity contribution in [2.24, 2.45) is 0 Å². The van der Waals surface area contributed by atoms with Gasteiger partial charge in [-0.05, 0) is 30.6 Å². The Morgan fingerprint density at radius 1 is 1.28 bits per heavy atom. The number of nitrogens with one attached hydrogen (secondary N) is 1. The van der Waals surface area contributed by atoms with Crippen LogP contribution in [0.2, 0.25) is 0 Å². The number of pyridine rings is 1. The number of thiocarbonyl (C=S) groups is 1. The van der Waals surface area contributed by atoms with E-state index in [1.807, 2.05) is 28.2 Å². The maximum absolute atomic E-state index is 12.5. The highest BCUT2D eigenvalue weighted by Crippen LogP contribution is 2.16. The monoisotopic (exact) mass is 472 g/mol. The molecule has 2 N–H and O–H groups in total. The van der Waals surface area contributed by atoms with E-state index in [1.165, 1.54) is 23.7 Å². The van der Waals surface area contributed by atoms with Crippen molar-refractivity contribution in [3.63, 3.8) is 0 Å². The number of hydrogen-bond donors (Lipinski definition) is 2. The Morgan fingerprint density at radius 2 is 2.03 bits per heavy atom. The number of carbonyl (C=O) groups is 2. The summed E-state index contributed by atoms with van der Waals surface area (Å²) in [5, 5.41) is 14.4. The summed E-state index contributed by atoms with van der Waals surface area (Å²) in [6, 6.07) is 3.55. The molecule has 0 bridgehead atoms. The molecule has 3 aromatic rings. The average Bonchev–Trinajstić information content (AvgIpc) is 3.34. The number of carboxylic acids is 1. The molecule has 3 aromatic heterocycles. The van der Waals surface area contributed by atoms with E-state index in [-0.39, 0.29) is 16.9 Å². The molecule has 12 heteroatoms. The second-order valence-electron chi connectivity index (χ2n) is 7.08. The molecule has 0 saturated carbocycles. The molecule has 0 radical (unpaired) electrons. The molecule has 1 aliphatic rings. The molecule has 0 unspecified atom stereocenters. The Labute approximate surface area is 192 Å². The van der Waals surface area contributed by atoms with Crippen molar-refractivity contribution >= 4 is 57.5 Å². The molecule has 0 atom stereocenters. The Bertz CT molecular complexity index is 1250. The number of aryl methyl sites for hydroxylation is 1. The zero-order chi connectivity index (χ0) is 22.8. The second kappa shape index (κ2) is 9.01. The van der Waals surface area contributed by atoms with Crippen LogP contribution in [0.3, 0.4) is 0 Å². The van der Waals surface area contributed by atoms with Crippen molar-refractivity contribution in [2.75, 3.05) is 31.1 Å². The van der Waals surface area contributed by atoms with Crippen LogP contribution in [0.15, 0.2) is 34.7 Å². The minimum Gasteiger partial charge on any atom is -0.477 e. The number of thiophene rings is 1. The molecule has 32 heavy (non-hydrogen) atoms. The van der Waals surface area contributed by atoms with Crippen molar-refractivity contribution in [3.05, 3.63) is 50.6 Å². The summed E-state index contributed by atoms with van der Waals surface area (Å²) in [5.41, 5.74) is -0.503. The normalized spacial score (nSPS) is 13.9. The quantitative estimate of drug-likeness (QED) is 0.543. The predicted molar refractivity (Wildman–Crippen MR) is 125 cm³/mol. The second-order valence-corrected chi connectivity index (χ2v) is 8.42. The molecule has 1 saturated heterocycles. The summed E-state index contributed by atoms with van der Waals surface area (Å²) >= 11 is 6.74. The number of piperazine rings is 1. The van der Waals surface area contributed by atoms with Crippen molar-refractivity contribution < 1.29 is 14.7 Å². The topological polar surface area (TPSA) is 121 Å². The Hall–Kier alpha value is -3.38. The van der Waals surface area contributed by atoms with Gasteiger partial charge in [0.2, 0.25) is 11.4 Å². The third-order valence-electron chi connectivity index (χ3n) is 5.19. The highest BCUT2D eigenvalue weighted by molar-refractivity contribution is 7.80. The van der Waals surface area contributed by atoms with E-state index in [0.717, 1.165) is 0 Å². The first-order valence-corrected chi connectivity index (χ1v) is 11.2. The summed E-state index contributed by atoms with van der Waals surface area (Å²) in [6.45, 7) is 4.60. The van der Waals surface area contributed by atoms with Crippen molar-refractivity contribution in [3.8, 4) is 0 Å². The minimum atomic E-state index is -1.28. The number of fused-ring (bicyclic) bond motifs is 1. The lowest BCUT2D eigenvalue weighted by molar-refractivity contribution is 0.0694. The molecule has 10 nitrogen and oxygen atoms in total. The summed E-state index contributed by atoms with van der Waals surface area (Å²) in [5.74, 6) is -1.04. The van der Waals surface area contributed by atoms with Gasteiger partial charge in [0, 0.05) is 45.1 Å². The van der Waals surface area contributed by atoms with Crippen LogP contribution in [-0.4, -0.2) is 67.7 Å². The molecule has 4 heterocycles. The summed E-state index contributed by atoms with van der Waals surface area (Å²) < 4.78 is 1.64. The fourth-order valence-corrected chi connectivity index (χ4v) is 4.36. The molecular formula is C20H20N6O4S2. The number of anilines is 1. The van der Waals surface area contributed by atoms with E-state index >= 15 is 0 Å². The third kappa shape index (κ3) is 4.18. The number of amides is 1. The van der Waals surface area contributed by atoms with Gasteiger partial charge in [-0.25, -0.2) is 9.78 Å². The largest absolute Gasteiger partial charge is 0.477 e. The Balaban J connectivity index is 1.48. The van der Waals surface area contributed by atoms with E-state index in [1.54, 1.807) is 10.6 Å². The van der Waals surface area contributed by atoms with Gasteiger partial charge in [-0.15, -0.1) is 11.3 Å². The lowest BCUT2D eigenvalue weighted by atomic mass is 10.2. The number of aromatic nitrogens is 3. The fraction of sp³-hybridized carbons (Fsp3) is 0.300. The summed E-state index contributed by atoms with van der Waals surface area (Å²) in [4.78, 5) is 49.4. The molecule has 1 aliphatic heterocycles. The average molecular weight is 473 g/mol. The van der Waals surface area contributed by atoms with Gasteiger partial charge in [0.1, 0.15) is 11.2 Å². The van der Waals surface area contributed by atoms with Gasteiger partial charge in [-0.3, -0.25) is 14.9 Å². The van der Waals surface area contributed by atoms with Crippen LogP contribution in [0.1, 0.15) is 27.0 Å². The first-order chi connectivity index (χ1) is 15.4. The van der Waals surface area contributed by atoms with Crippen LogP contribution in [-0.2, 0) is 6.54 Å². The minimum absolute atomic E-state index is 0.173. The highest BCUT2D eigenvalue weighted by atomic mass is 32.1. The van der Waals surface area contributed by atoms with Gasteiger partial charge in [0.25, 0.3) is 5.91 Å². The van der Waals surface area contributed by atoms with Crippen LogP contribution in [0.25, 0.3) is 11.0 Å². The van der Waals surface area contributed by atoms with Crippen LogP contribution in [0.4, 0.5) is 5.95 Å². The first kappa shape index (κ1) is 21.8. The number of nitrogens with zero attached hydrogens (tertiary/aromatic N) is 5. The van der Waals surface area contributed by atoms with Gasteiger partial charge in [0.15, 0.2) is 5.11 Å². The third-order valence-corrected chi connectivity index (χ3v) is 6.42. The van der Waals surface area contributed by atoms with E-state index in [4.69, 9.17) is 12.2 Å². The predicted octanol–water partition coefficient (Wildman–Crippen LogP) is 1.41. The molecule has 0 aromatic carbocycles. The lowest BCUT2D eigenvalue weighted by Gasteiger charge is -2.36.